The van der Waals surface area contributed by atoms with E-state index in [1.165, 1.54) is 28.4 Å². The topological polar surface area (TPSA) is 90.0 Å². The van der Waals surface area contributed by atoms with Gasteiger partial charge in [-0.2, -0.15) is 0 Å². The fraction of sp³-hybridized carbons (Fsp3) is 0.100. The van der Waals surface area contributed by atoms with Gasteiger partial charge in [-0.05, 0) is 39.6 Å². The number of hydrogen-bond acceptors (Lipinski definition) is 5. The number of aromatic nitrogens is 2. The number of amides is 1. The van der Waals surface area contributed by atoms with Crippen LogP contribution < -0.4 is 16.8 Å². The van der Waals surface area contributed by atoms with E-state index < -0.39 is 0 Å². The van der Waals surface area contributed by atoms with Crippen molar-refractivity contribution in [1.29, 1.82) is 0 Å². The number of hydrazine groups is 1. The van der Waals surface area contributed by atoms with E-state index in [9.17, 15) is 9.59 Å². The lowest BCUT2D eigenvalue weighted by Crippen LogP contribution is -2.30. The fourth-order valence-corrected chi connectivity index (χ4v) is 2.73. The van der Waals surface area contributed by atoms with Gasteiger partial charge in [0, 0.05) is 6.20 Å². The number of hydrogen-bond donors (Lipinski definition) is 2. The van der Waals surface area contributed by atoms with Crippen molar-refractivity contribution >= 4 is 39.8 Å². The van der Waals surface area contributed by atoms with Crippen LogP contribution in [-0.2, 0) is 6.54 Å². The third kappa shape index (κ3) is 2.60. The molecule has 6 nitrogen and oxygen atoms in total. The number of nitrogen functional groups attached to an aromatic ring is 1. The minimum absolute atomic E-state index is 0.129. The quantitative estimate of drug-likeness (QED) is 0.355. The monoisotopic (exact) mass is 376 g/mol. The van der Waals surface area contributed by atoms with Gasteiger partial charge >= 0.3 is 0 Å². The Bertz CT molecular complexity index is 637. The van der Waals surface area contributed by atoms with Crippen molar-refractivity contribution in [2.75, 3.05) is 0 Å². The summed E-state index contributed by atoms with van der Waals surface area (Å²) in [6.45, 7) is 0.301. The van der Waals surface area contributed by atoms with E-state index in [4.69, 9.17) is 5.84 Å². The molecule has 0 saturated carbocycles. The van der Waals surface area contributed by atoms with Crippen molar-refractivity contribution in [2.45, 2.75) is 6.54 Å². The highest BCUT2D eigenvalue weighted by atomic mass is 127. The van der Waals surface area contributed by atoms with E-state index in [2.05, 4.69) is 10.4 Å². The smallest absolute Gasteiger partial charge is 0.275 e. The summed E-state index contributed by atoms with van der Waals surface area (Å²) in [4.78, 5) is 27.8. The third-order valence-corrected chi connectivity index (χ3v) is 3.98. The molecule has 94 valence electrons. The first-order valence-electron chi connectivity index (χ1n) is 4.90. The predicted octanol–water partition coefficient (Wildman–Crippen LogP) is 0.561. The first kappa shape index (κ1) is 13.2. The van der Waals surface area contributed by atoms with Crippen molar-refractivity contribution in [3.63, 3.8) is 0 Å². The molecule has 2 heterocycles. The summed E-state index contributed by atoms with van der Waals surface area (Å²) in [6, 6.07) is 1.79. The number of carbonyl (C=O) groups excluding carboxylic acids is 1. The van der Waals surface area contributed by atoms with Crippen LogP contribution in [0, 0.1) is 3.57 Å². The Morgan fingerprint density at radius 1 is 1.61 bits per heavy atom. The molecule has 0 bridgehead atoms. The Labute approximate surface area is 120 Å². The highest BCUT2D eigenvalue weighted by Crippen LogP contribution is 2.17. The Morgan fingerprint density at radius 3 is 3.11 bits per heavy atom. The van der Waals surface area contributed by atoms with Gasteiger partial charge in [-0.15, -0.1) is 11.3 Å². The molecule has 0 radical (unpaired) electrons. The van der Waals surface area contributed by atoms with Crippen molar-refractivity contribution < 1.29 is 4.79 Å². The second kappa shape index (κ2) is 5.59. The minimum atomic E-state index is -0.355. The van der Waals surface area contributed by atoms with E-state index in [-0.39, 0.29) is 11.5 Å². The normalized spacial score (nSPS) is 10.3. The van der Waals surface area contributed by atoms with Gasteiger partial charge in [-0.1, -0.05) is 0 Å². The van der Waals surface area contributed by atoms with Gasteiger partial charge in [0.15, 0.2) is 0 Å². The number of rotatable bonds is 3. The molecule has 0 atom stereocenters. The van der Waals surface area contributed by atoms with E-state index in [0.717, 1.165) is 5.56 Å². The van der Waals surface area contributed by atoms with Gasteiger partial charge in [0.25, 0.3) is 11.5 Å². The molecule has 3 N–H and O–H groups in total. The molecule has 0 fully saturated rings. The van der Waals surface area contributed by atoms with Gasteiger partial charge in [0.1, 0.15) is 0 Å². The van der Waals surface area contributed by atoms with E-state index in [1.807, 2.05) is 22.6 Å². The van der Waals surface area contributed by atoms with Crippen LogP contribution in [0.1, 0.15) is 15.2 Å². The first-order chi connectivity index (χ1) is 8.63. The molecule has 0 aromatic carbocycles. The minimum Gasteiger partial charge on any atom is -0.294 e. The Morgan fingerprint density at radius 2 is 2.39 bits per heavy atom. The predicted molar refractivity (Wildman–Crippen MR) is 76.3 cm³/mol. The largest absolute Gasteiger partial charge is 0.294 e. The lowest BCUT2D eigenvalue weighted by molar-refractivity contribution is 0.0957. The van der Waals surface area contributed by atoms with Gasteiger partial charge in [-0.25, -0.2) is 10.8 Å². The summed E-state index contributed by atoms with van der Waals surface area (Å²) < 4.78 is 1.99. The number of nitrogens with two attached hydrogens (primary N) is 1. The molecular formula is C10H9IN4O2S. The second-order valence-corrected chi connectivity index (χ2v) is 5.50. The maximum absolute atomic E-state index is 11.8. The van der Waals surface area contributed by atoms with Crippen LogP contribution in [0.5, 0.6) is 0 Å². The van der Waals surface area contributed by atoms with Gasteiger partial charge in [0.2, 0.25) is 0 Å². The number of thiophene rings is 1. The zero-order chi connectivity index (χ0) is 13.1. The molecule has 0 aliphatic carbocycles. The van der Waals surface area contributed by atoms with Crippen LogP contribution in [0.4, 0.5) is 0 Å². The summed E-state index contributed by atoms with van der Waals surface area (Å²) in [6.07, 6.45) is 2.95. The summed E-state index contributed by atoms with van der Waals surface area (Å²) in [5, 5.41) is 1.78. The summed E-state index contributed by atoms with van der Waals surface area (Å²) >= 11 is 3.21. The molecule has 0 spiro atoms. The second-order valence-electron chi connectivity index (χ2n) is 3.42. The molecule has 0 saturated heterocycles. The van der Waals surface area contributed by atoms with Gasteiger partial charge in [0.05, 0.1) is 21.3 Å². The summed E-state index contributed by atoms with van der Waals surface area (Å²) in [7, 11) is 0. The molecular weight excluding hydrogens is 367 g/mol. The maximum atomic E-state index is 11.8. The molecule has 8 heteroatoms. The van der Waals surface area contributed by atoms with E-state index in [1.54, 1.807) is 11.4 Å². The van der Waals surface area contributed by atoms with Crippen molar-refractivity contribution in [1.82, 2.24) is 15.0 Å². The van der Waals surface area contributed by atoms with Crippen LogP contribution in [0.2, 0.25) is 0 Å². The SMILES string of the molecule is NNC(=O)c1sccc1Cn1cncc(I)c1=O. The van der Waals surface area contributed by atoms with Crippen LogP contribution >= 0.6 is 33.9 Å². The molecule has 2 rings (SSSR count). The number of nitrogens with zero attached hydrogens (tertiary/aromatic N) is 2. The first-order valence-corrected chi connectivity index (χ1v) is 6.86. The molecule has 0 aliphatic rings. The fourth-order valence-electron chi connectivity index (χ4n) is 1.45. The van der Waals surface area contributed by atoms with Crippen molar-refractivity contribution in [2.24, 2.45) is 5.84 Å². The van der Waals surface area contributed by atoms with E-state index in [0.29, 0.717) is 15.0 Å². The Hall–Kier alpha value is -1.26. The molecule has 0 aliphatic heterocycles. The summed E-state index contributed by atoms with van der Waals surface area (Å²) in [5.74, 6) is 4.75. The van der Waals surface area contributed by atoms with Crippen LogP contribution in [0.15, 0.2) is 28.8 Å². The zero-order valence-corrected chi connectivity index (χ0v) is 12.1. The van der Waals surface area contributed by atoms with Crippen LogP contribution in [0.25, 0.3) is 0 Å². The third-order valence-electron chi connectivity index (χ3n) is 2.28. The Balaban J connectivity index is 2.35. The molecule has 2 aromatic rings. The number of carbonyl (C=O) groups is 1. The molecule has 2 aromatic heterocycles. The molecule has 1 amide bonds. The number of halogens is 1. The van der Waals surface area contributed by atoms with Crippen LogP contribution in [-0.4, -0.2) is 15.5 Å². The lowest BCUT2D eigenvalue weighted by Gasteiger charge is -2.06. The molecule has 0 unspecified atom stereocenters. The lowest BCUT2D eigenvalue weighted by atomic mass is 10.2. The standard InChI is InChI=1S/C10H9IN4O2S/c11-7-3-13-5-15(10(7)17)4-6-1-2-18-8(6)9(16)14-12/h1-3,5H,4,12H2,(H,14,16). The maximum Gasteiger partial charge on any atom is 0.275 e. The van der Waals surface area contributed by atoms with Gasteiger partial charge < -0.3 is 0 Å². The average Bonchev–Trinajstić information content (AvgIpc) is 2.82. The van der Waals surface area contributed by atoms with Crippen LogP contribution in [0.3, 0.4) is 0 Å². The van der Waals surface area contributed by atoms with Gasteiger partial charge in [-0.3, -0.25) is 19.6 Å². The average molecular weight is 376 g/mol. The zero-order valence-electron chi connectivity index (χ0n) is 9.09. The van der Waals surface area contributed by atoms with Crippen molar-refractivity contribution in [3.8, 4) is 0 Å². The summed E-state index contributed by atoms with van der Waals surface area (Å²) in [5.41, 5.74) is 2.70. The highest BCUT2D eigenvalue weighted by Gasteiger charge is 2.13. The number of nitrogens with one attached hydrogen (secondary N) is 1. The van der Waals surface area contributed by atoms with Crippen molar-refractivity contribution in [3.05, 3.63) is 48.3 Å². The molecule has 18 heavy (non-hydrogen) atoms. The van der Waals surface area contributed by atoms with E-state index >= 15 is 0 Å². The highest BCUT2D eigenvalue weighted by molar-refractivity contribution is 14.1. The Kier molecular flexibility index (Phi) is 4.09.